The van der Waals surface area contributed by atoms with Crippen LogP contribution in [-0.4, -0.2) is 9.55 Å². The Hall–Kier alpha value is -1.09. The number of nitrogens with zero attached hydrogens (tertiary/aromatic N) is 2. The Bertz CT molecular complexity index is 237. The summed E-state index contributed by atoms with van der Waals surface area (Å²) >= 11 is 0. The standard InChI is InChI=1S/C7H11N3/c1-3-10-5-7(4-8)9-6(10)2/h3,5H,1,4,8H2,2H3. The Kier molecular flexibility index (Phi) is 1.87. The first-order valence-electron chi connectivity index (χ1n) is 3.15. The zero-order valence-corrected chi connectivity index (χ0v) is 6.04. The molecule has 0 saturated carbocycles. The van der Waals surface area contributed by atoms with E-state index in [1.54, 1.807) is 6.20 Å². The maximum atomic E-state index is 5.38. The molecule has 0 spiro atoms. The fraction of sp³-hybridized carbons (Fsp3) is 0.286. The van der Waals surface area contributed by atoms with Gasteiger partial charge in [-0.3, -0.25) is 0 Å². The van der Waals surface area contributed by atoms with Crippen molar-refractivity contribution in [3.63, 3.8) is 0 Å². The minimum Gasteiger partial charge on any atom is -0.325 e. The summed E-state index contributed by atoms with van der Waals surface area (Å²) in [6, 6.07) is 0. The van der Waals surface area contributed by atoms with E-state index < -0.39 is 0 Å². The third kappa shape index (κ3) is 1.09. The van der Waals surface area contributed by atoms with Crippen LogP contribution in [0.25, 0.3) is 6.20 Å². The van der Waals surface area contributed by atoms with E-state index in [0.29, 0.717) is 6.54 Å². The number of hydrogen-bond donors (Lipinski definition) is 1. The van der Waals surface area contributed by atoms with Crippen molar-refractivity contribution in [2.24, 2.45) is 5.73 Å². The average molecular weight is 137 g/mol. The molecule has 0 bridgehead atoms. The van der Waals surface area contributed by atoms with Crippen molar-refractivity contribution in [3.05, 3.63) is 24.3 Å². The van der Waals surface area contributed by atoms with Crippen molar-refractivity contribution in [1.82, 2.24) is 9.55 Å². The van der Waals surface area contributed by atoms with Gasteiger partial charge in [0.2, 0.25) is 0 Å². The van der Waals surface area contributed by atoms with Crippen LogP contribution >= 0.6 is 0 Å². The van der Waals surface area contributed by atoms with Crippen LogP contribution in [0.3, 0.4) is 0 Å². The third-order valence-corrected chi connectivity index (χ3v) is 1.37. The van der Waals surface area contributed by atoms with E-state index in [9.17, 15) is 0 Å². The molecule has 3 heteroatoms. The van der Waals surface area contributed by atoms with Gasteiger partial charge in [0.25, 0.3) is 0 Å². The first-order chi connectivity index (χ1) is 4.77. The zero-order valence-electron chi connectivity index (χ0n) is 6.04. The van der Waals surface area contributed by atoms with E-state index in [1.165, 1.54) is 0 Å². The van der Waals surface area contributed by atoms with Crippen LogP contribution in [0.15, 0.2) is 12.8 Å². The van der Waals surface area contributed by atoms with Gasteiger partial charge < -0.3 is 10.3 Å². The lowest BCUT2D eigenvalue weighted by Gasteiger charge is -1.90. The predicted molar refractivity (Wildman–Crippen MR) is 41.2 cm³/mol. The molecule has 2 N–H and O–H groups in total. The summed E-state index contributed by atoms with van der Waals surface area (Å²) in [6.45, 7) is 6.03. The van der Waals surface area contributed by atoms with Gasteiger partial charge in [0, 0.05) is 18.9 Å². The highest BCUT2D eigenvalue weighted by molar-refractivity contribution is 5.21. The maximum Gasteiger partial charge on any atom is 0.109 e. The van der Waals surface area contributed by atoms with E-state index in [2.05, 4.69) is 11.6 Å². The molecular weight excluding hydrogens is 126 g/mol. The van der Waals surface area contributed by atoms with Crippen LogP contribution < -0.4 is 5.73 Å². The van der Waals surface area contributed by atoms with Gasteiger partial charge in [-0.1, -0.05) is 6.58 Å². The molecule has 1 aromatic rings. The van der Waals surface area contributed by atoms with E-state index in [4.69, 9.17) is 5.73 Å². The van der Waals surface area contributed by atoms with Gasteiger partial charge >= 0.3 is 0 Å². The Balaban J connectivity index is 3.03. The second-order valence-electron chi connectivity index (χ2n) is 2.07. The van der Waals surface area contributed by atoms with E-state index in [0.717, 1.165) is 11.5 Å². The SMILES string of the molecule is C=Cn1cc(CN)nc1C. The van der Waals surface area contributed by atoms with Crippen LogP contribution in [-0.2, 0) is 6.54 Å². The second-order valence-corrected chi connectivity index (χ2v) is 2.07. The molecule has 0 aliphatic rings. The van der Waals surface area contributed by atoms with E-state index in [-0.39, 0.29) is 0 Å². The van der Waals surface area contributed by atoms with Crippen molar-refractivity contribution < 1.29 is 0 Å². The summed E-state index contributed by atoms with van der Waals surface area (Å²) in [5.74, 6) is 0.926. The Morgan fingerprint density at radius 2 is 2.60 bits per heavy atom. The fourth-order valence-electron chi connectivity index (χ4n) is 0.832. The molecule has 0 unspecified atom stereocenters. The maximum absolute atomic E-state index is 5.38. The smallest absolute Gasteiger partial charge is 0.109 e. The minimum absolute atomic E-state index is 0.488. The number of aryl methyl sites for hydroxylation is 1. The summed E-state index contributed by atoms with van der Waals surface area (Å²) in [5, 5.41) is 0. The molecule has 0 fully saturated rings. The predicted octanol–water partition coefficient (Wildman–Crippen LogP) is 0.751. The lowest BCUT2D eigenvalue weighted by atomic mass is 10.5. The number of nitrogens with two attached hydrogens (primary N) is 1. The van der Waals surface area contributed by atoms with Crippen molar-refractivity contribution in [3.8, 4) is 0 Å². The highest BCUT2D eigenvalue weighted by Crippen LogP contribution is 2.00. The molecule has 0 saturated heterocycles. The van der Waals surface area contributed by atoms with Gasteiger partial charge in [-0.15, -0.1) is 0 Å². The third-order valence-electron chi connectivity index (χ3n) is 1.37. The summed E-state index contributed by atoms with van der Waals surface area (Å²) in [6.07, 6.45) is 3.59. The molecule has 0 atom stereocenters. The number of hydrogen-bond acceptors (Lipinski definition) is 2. The zero-order chi connectivity index (χ0) is 7.56. The molecule has 1 heterocycles. The molecular formula is C7H11N3. The molecule has 0 amide bonds. The fourth-order valence-corrected chi connectivity index (χ4v) is 0.832. The van der Waals surface area contributed by atoms with Crippen molar-refractivity contribution in [2.75, 3.05) is 0 Å². The van der Waals surface area contributed by atoms with Gasteiger partial charge in [0.05, 0.1) is 5.69 Å². The van der Waals surface area contributed by atoms with Crippen LogP contribution in [0.5, 0.6) is 0 Å². The minimum atomic E-state index is 0.488. The molecule has 0 aliphatic heterocycles. The Morgan fingerprint density at radius 3 is 2.90 bits per heavy atom. The number of rotatable bonds is 2. The number of aromatic nitrogens is 2. The van der Waals surface area contributed by atoms with Crippen LogP contribution in [0.2, 0.25) is 0 Å². The molecule has 1 rings (SSSR count). The van der Waals surface area contributed by atoms with Gasteiger partial charge in [0.1, 0.15) is 5.82 Å². The molecule has 0 radical (unpaired) electrons. The van der Waals surface area contributed by atoms with Crippen LogP contribution in [0.4, 0.5) is 0 Å². The van der Waals surface area contributed by atoms with E-state index in [1.807, 2.05) is 17.7 Å². The first-order valence-corrected chi connectivity index (χ1v) is 3.15. The number of imidazole rings is 1. The lowest BCUT2D eigenvalue weighted by Crippen LogP contribution is -1.95. The van der Waals surface area contributed by atoms with Gasteiger partial charge in [-0.25, -0.2) is 4.98 Å². The van der Waals surface area contributed by atoms with Crippen LogP contribution in [0.1, 0.15) is 11.5 Å². The van der Waals surface area contributed by atoms with Crippen LogP contribution in [0, 0.1) is 6.92 Å². The molecule has 54 valence electrons. The topological polar surface area (TPSA) is 43.8 Å². The second kappa shape index (κ2) is 2.66. The Morgan fingerprint density at radius 1 is 1.90 bits per heavy atom. The summed E-state index contributed by atoms with van der Waals surface area (Å²) in [5.41, 5.74) is 6.28. The molecule has 10 heavy (non-hydrogen) atoms. The van der Waals surface area contributed by atoms with Crippen molar-refractivity contribution in [1.29, 1.82) is 0 Å². The summed E-state index contributed by atoms with van der Waals surface area (Å²) < 4.78 is 1.85. The summed E-state index contributed by atoms with van der Waals surface area (Å²) in [4.78, 5) is 4.17. The first kappa shape index (κ1) is 7.02. The highest BCUT2D eigenvalue weighted by Gasteiger charge is 1.97. The normalized spacial score (nSPS) is 9.80. The molecule has 0 aromatic carbocycles. The Labute approximate surface area is 60.2 Å². The van der Waals surface area contributed by atoms with Crippen molar-refractivity contribution >= 4 is 6.20 Å². The monoisotopic (exact) mass is 137 g/mol. The van der Waals surface area contributed by atoms with E-state index >= 15 is 0 Å². The molecule has 0 aliphatic carbocycles. The van der Waals surface area contributed by atoms with Gasteiger partial charge in [0.15, 0.2) is 0 Å². The average Bonchev–Trinajstić information content (AvgIpc) is 2.30. The molecule has 3 nitrogen and oxygen atoms in total. The van der Waals surface area contributed by atoms with Gasteiger partial charge in [-0.05, 0) is 6.92 Å². The quantitative estimate of drug-likeness (QED) is 0.653. The largest absolute Gasteiger partial charge is 0.325 e. The van der Waals surface area contributed by atoms with Crippen molar-refractivity contribution in [2.45, 2.75) is 13.5 Å². The highest BCUT2D eigenvalue weighted by atomic mass is 15.1. The summed E-state index contributed by atoms with van der Waals surface area (Å²) in [7, 11) is 0. The lowest BCUT2D eigenvalue weighted by molar-refractivity contribution is 0.991. The molecule has 1 aromatic heterocycles. The van der Waals surface area contributed by atoms with Gasteiger partial charge in [-0.2, -0.15) is 0 Å².